The molecular formula is C15H13Cl2N3O. The fraction of sp³-hybridized carbons (Fsp3) is 0.0667. The summed E-state index contributed by atoms with van der Waals surface area (Å²) in [4.78, 5) is 12.0. The molecule has 0 aliphatic rings. The molecule has 4 nitrogen and oxygen atoms in total. The number of hydrogen-bond donors (Lipinski definition) is 2. The molecule has 0 unspecified atom stereocenters. The number of nitrogens with two attached hydrogens (primary N) is 1. The van der Waals surface area contributed by atoms with Crippen LogP contribution in [0.2, 0.25) is 10.0 Å². The van der Waals surface area contributed by atoms with Crippen LogP contribution in [0, 0.1) is 0 Å². The number of hydrogen-bond acceptors (Lipinski definition) is 3. The fourth-order valence-corrected chi connectivity index (χ4v) is 2.07. The minimum absolute atomic E-state index is 0.272. The van der Waals surface area contributed by atoms with Gasteiger partial charge in [-0.3, -0.25) is 4.79 Å². The van der Waals surface area contributed by atoms with Gasteiger partial charge in [-0.15, -0.1) is 0 Å². The quantitative estimate of drug-likeness (QED) is 0.514. The van der Waals surface area contributed by atoms with E-state index in [2.05, 4.69) is 10.5 Å². The van der Waals surface area contributed by atoms with Gasteiger partial charge in [0.15, 0.2) is 0 Å². The molecule has 0 radical (unpaired) electrons. The molecule has 2 rings (SSSR count). The van der Waals surface area contributed by atoms with Crippen molar-refractivity contribution in [1.82, 2.24) is 5.43 Å². The lowest BCUT2D eigenvalue weighted by molar-refractivity contribution is 0.0955. The number of carbonyl (C=O) groups is 1. The van der Waals surface area contributed by atoms with Crippen LogP contribution < -0.4 is 11.2 Å². The third-order valence-corrected chi connectivity index (χ3v) is 3.37. The molecule has 0 aliphatic heterocycles. The zero-order valence-electron chi connectivity index (χ0n) is 11.2. The van der Waals surface area contributed by atoms with Gasteiger partial charge >= 0.3 is 0 Å². The molecule has 2 aromatic carbocycles. The molecule has 0 aromatic heterocycles. The number of nitrogens with one attached hydrogen (secondary N) is 1. The van der Waals surface area contributed by atoms with Gasteiger partial charge in [0.1, 0.15) is 0 Å². The van der Waals surface area contributed by atoms with Gasteiger partial charge in [-0.05, 0) is 42.8 Å². The number of hydrazone groups is 1. The van der Waals surface area contributed by atoms with Gasteiger partial charge in [0.2, 0.25) is 0 Å². The highest BCUT2D eigenvalue weighted by Gasteiger charge is 2.10. The molecule has 0 spiro atoms. The topological polar surface area (TPSA) is 67.5 Å². The highest BCUT2D eigenvalue weighted by atomic mass is 35.5. The van der Waals surface area contributed by atoms with E-state index in [9.17, 15) is 4.79 Å². The molecule has 2 aromatic rings. The standard InChI is InChI=1S/C15H13Cl2N3O/c1-9(10-3-2-4-12(18)7-10)19-20-15(21)13-8-11(16)5-6-14(13)17/h2-8H,18H2,1H3,(H,20,21)/b19-9-. The first kappa shape index (κ1) is 15.4. The van der Waals surface area contributed by atoms with E-state index in [-0.39, 0.29) is 5.56 Å². The number of anilines is 1. The van der Waals surface area contributed by atoms with E-state index in [1.165, 1.54) is 6.07 Å². The van der Waals surface area contributed by atoms with Crippen molar-refractivity contribution in [3.8, 4) is 0 Å². The maximum Gasteiger partial charge on any atom is 0.272 e. The van der Waals surface area contributed by atoms with Crippen LogP contribution in [0.4, 0.5) is 5.69 Å². The fourth-order valence-electron chi connectivity index (χ4n) is 1.69. The molecule has 6 heteroatoms. The van der Waals surface area contributed by atoms with Gasteiger partial charge in [-0.25, -0.2) is 5.43 Å². The molecule has 0 aliphatic carbocycles. The van der Waals surface area contributed by atoms with Gasteiger partial charge in [0.25, 0.3) is 5.91 Å². The maximum absolute atomic E-state index is 12.0. The molecule has 1 amide bonds. The number of carbonyl (C=O) groups excluding carboxylic acids is 1. The monoisotopic (exact) mass is 321 g/mol. The number of nitrogen functional groups attached to an aromatic ring is 1. The average Bonchev–Trinajstić information content (AvgIpc) is 2.47. The van der Waals surface area contributed by atoms with E-state index in [1.54, 1.807) is 31.2 Å². The van der Waals surface area contributed by atoms with Crippen molar-refractivity contribution in [3.63, 3.8) is 0 Å². The van der Waals surface area contributed by atoms with Crippen molar-refractivity contribution in [1.29, 1.82) is 0 Å². The Kier molecular flexibility index (Phi) is 4.83. The Morgan fingerprint density at radius 2 is 1.95 bits per heavy atom. The van der Waals surface area contributed by atoms with Crippen LogP contribution in [0.15, 0.2) is 47.6 Å². The molecule has 3 N–H and O–H groups in total. The largest absolute Gasteiger partial charge is 0.399 e. The Bertz CT molecular complexity index is 714. The van der Waals surface area contributed by atoms with Gasteiger partial charge in [-0.1, -0.05) is 35.3 Å². The van der Waals surface area contributed by atoms with Crippen molar-refractivity contribution >= 4 is 40.5 Å². The maximum atomic E-state index is 12.0. The Morgan fingerprint density at radius 3 is 2.67 bits per heavy atom. The first-order chi connectivity index (χ1) is 9.97. The minimum atomic E-state index is -0.425. The Balaban J connectivity index is 2.16. The predicted octanol–water partition coefficient (Wildman–Crippen LogP) is 3.73. The third-order valence-electron chi connectivity index (χ3n) is 2.80. The predicted molar refractivity (Wildman–Crippen MR) is 87.0 cm³/mol. The third kappa shape index (κ3) is 3.97. The molecule has 0 saturated heterocycles. The first-order valence-corrected chi connectivity index (χ1v) is 6.88. The summed E-state index contributed by atoms with van der Waals surface area (Å²) in [6.45, 7) is 1.77. The second-order valence-electron chi connectivity index (χ2n) is 4.39. The zero-order chi connectivity index (χ0) is 15.4. The lowest BCUT2D eigenvalue weighted by atomic mass is 10.1. The van der Waals surface area contributed by atoms with E-state index >= 15 is 0 Å². The molecule has 0 saturated carbocycles. The van der Waals surface area contributed by atoms with Crippen LogP contribution in [-0.4, -0.2) is 11.6 Å². The molecular weight excluding hydrogens is 309 g/mol. The number of amides is 1. The van der Waals surface area contributed by atoms with E-state index in [4.69, 9.17) is 28.9 Å². The molecule has 0 fully saturated rings. The zero-order valence-corrected chi connectivity index (χ0v) is 12.7. The van der Waals surface area contributed by atoms with E-state index in [0.717, 1.165) is 5.56 Å². The highest BCUT2D eigenvalue weighted by molar-refractivity contribution is 6.35. The molecule has 0 bridgehead atoms. The summed E-state index contributed by atoms with van der Waals surface area (Å²) in [6.07, 6.45) is 0. The number of halogens is 2. The average molecular weight is 322 g/mol. The summed E-state index contributed by atoms with van der Waals surface area (Å²) in [5.74, 6) is -0.425. The summed E-state index contributed by atoms with van der Waals surface area (Å²) >= 11 is 11.8. The Morgan fingerprint density at radius 1 is 1.19 bits per heavy atom. The number of rotatable bonds is 3. The van der Waals surface area contributed by atoms with Crippen molar-refractivity contribution in [2.45, 2.75) is 6.92 Å². The second kappa shape index (κ2) is 6.61. The second-order valence-corrected chi connectivity index (χ2v) is 5.23. The van der Waals surface area contributed by atoms with Crippen LogP contribution in [0.5, 0.6) is 0 Å². The summed E-state index contributed by atoms with van der Waals surface area (Å²) < 4.78 is 0. The van der Waals surface area contributed by atoms with Crippen molar-refractivity contribution < 1.29 is 4.79 Å². The van der Waals surface area contributed by atoms with Crippen LogP contribution in [-0.2, 0) is 0 Å². The van der Waals surface area contributed by atoms with E-state index < -0.39 is 5.91 Å². The lowest BCUT2D eigenvalue weighted by Crippen LogP contribution is -2.19. The molecule has 0 heterocycles. The van der Waals surface area contributed by atoms with E-state index in [1.807, 2.05) is 12.1 Å². The Hall–Kier alpha value is -2.04. The van der Waals surface area contributed by atoms with Crippen molar-refractivity contribution in [3.05, 3.63) is 63.6 Å². The summed E-state index contributed by atoms with van der Waals surface area (Å²) in [6, 6.07) is 11.9. The minimum Gasteiger partial charge on any atom is -0.399 e. The van der Waals surface area contributed by atoms with E-state index in [0.29, 0.717) is 21.4 Å². The van der Waals surface area contributed by atoms with Crippen molar-refractivity contribution in [2.75, 3.05) is 5.73 Å². The highest BCUT2D eigenvalue weighted by Crippen LogP contribution is 2.20. The van der Waals surface area contributed by atoms with Crippen LogP contribution >= 0.6 is 23.2 Å². The van der Waals surface area contributed by atoms with Gasteiger partial charge in [0.05, 0.1) is 16.3 Å². The first-order valence-electron chi connectivity index (χ1n) is 6.13. The smallest absolute Gasteiger partial charge is 0.272 e. The SMILES string of the molecule is C/C(=N/NC(=O)c1cc(Cl)ccc1Cl)c1cccc(N)c1. The normalized spacial score (nSPS) is 11.3. The number of nitrogens with zero attached hydrogens (tertiary/aromatic N) is 1. The summed E-state index contributed by atoms with van der Waals surface area (Å²) in [5.41, 5.74) is 10.5. The Labute approximate surface area is 132 Å². The number of benzene rings is 2. The van der Waals surface area contributed by atoms with Gasteiger partial charge in [-0.2, -0.15) is 5.10 Å². The van der Waals surface area contributed by atoms with Crippen molar-refractivity contribution in [2.24, 2.45) is 5.10 Å². The van der Waals surface area contributed by atoms with Crippen LogP contribution in [0.3, 0.4) is 0 Å². The van der Waals surface area contributed by atoms with Gasteiger partial charge in [0, 0.05) is 10.7 Å². The lowest BCUT2D eigenvalue weighted by Gasteiger charge is -2.05. The molecule has 21 heavy (non-hydrogen) atoms. The van der Waals surface area contributed by atoms with Crippen LogP contribution in [0.1, 0.15) is 22.8 Å². The summed E-state index contributed by atoms with van der Waals surface area (Å²) in [5, 5.41) is 4.79. The van der Waals surface area contributed by atoms with Crippen LogP contribution in [0.25, 0.3) is 0 Å². The molecule has 108 valence electrons. The summed E-state index contributed by atoms with van der Waals surface area (Å²) in [7, 11) is 0. The van der Waals surface area contributed by atoms with Gasteiger partial charge < -0.3 is 5.73 Å². The molecule has 0 atom stereocenters.